The number of hydrogen-bond acceptors (Lipinski definition) is 3. The van der Waals surface area contributed by atoms with Gasteiger partial charge in [-0.25, -0.2) is 9.18 Å². The van der Waals surface area contributed by atoms with Crippen molar-refractivity contribution in [1.29, 1.82) is 0 Å². The zero-order valence-corrected chi connectivity index (χ0v) is 11.7. The summed E-state index contributed by atoms with van der Waals surface area (Å²) in [5.41, 5.74) is 0.0987. The first-order chi connectivity index (χ1) is 9.54. The van der Waals surface area contributed by atoms with Crippen LogP contribution in [0.3, 0.4) is 0 Å². The van der Waals surface area contributed by atoms with Gasteiger partial charge in [-0.2, -0.15) is 0 Å². The highest BCUT2D eigenvalue weighted by molar-refractivity contribution is 6.32. The maximum Gasteiger partial charge on any atom is 0.331 e. The molecule has 0 saturated carbocycles. The number of halogens is 2. The summed E-state index contributed by atoms with van der Waals surface area (Å²) in [6, 6.07) is 4.20. The van der Waals surface area contributed by atoms with E-state index in [2.05, 4.69) is 5.32 Å². The number of rotatable bonds is 6. The van der Waals surface area contributed by atoms with Crippen LogP contribution in [0.15, 0.2) is 24.3 Å². The van der Waals surface area contributed by atoms with Crippen LogP contribution in [0.4, 0.5) is 4.39 Å². The van der Waals surface area contributed by atoms with E-state index in [0.717, 1.165) is 12.5 Å². The zero-order chi connectivity index (χ0) is 15.0. The van der Waals surface area contributed by atoms with Gasteiger partial charge in [0.05, 0.1) is 5.02 Å². The molecule has 108 valence electrons. The van der Waals surface area contributed by atoms with Crippen molar-refractivity contribution in [3.05, 3.63) is 40.7 Å². The predicted octanol–water partition coefficient (Wildman–Crippen LogP) is 2.56. The highest BCUT2D eigenvalue weighted by atomic mass is 35.5. The van der Waals surface area contributed by atoms with Gasteiger partial charge in [-0.3, -0.25) is 4.79 Å². The van der Waals surface area contributed by atoms with Gasteiger partial charge in [-0.1, -0.05) is 24.6 Å². The number of benzene rings is 1. The molecule has 0 saturated heterocycles. The molecule has 1 aromatic carbocycles. The fourth-order valence-corrected chi connectivity index (χ4v) is 1.55. The standard InChI is InChI=1S/C14H15ClFNO3/c1-2-8-17-13(18)9-20-14(19)7-6-10-11(15)4-3-5-12(10)16/h3-7H,2,8-9H2,1H3,(H,17,18)/b7-6+. The molecule has 0 aromatic heterocycles. The normalized spacial score (nSPS) is 10.6. The fraction of sp³-hybridized carbons (Fsp3) is 0.286. The molecule has 20 heavy (non-hydrogen) atoms. The number of esters is 1. The molecule has 1 aromatic rings. The van der Waals surface area contributed by atoms with Crippen molar-refractivity contribution >= 4 is 29.6 Å². The minimum Gasteiger partial charge on any atom is -0.452 e. The van der Waals surface area contributed by atoms with Gasteiger partial charge in [-0.15, -0.1) is 0 Å². The minimum atomic E-state index is -0.740. The Morgan fingerprint density at radius 2 is 2.20 bits per heavy atom. The summed E-state index contributed by atoms with van der Waals surface area (Å²) in [6.45, 7) is 2.07. The van der Waals surface area contributed by atoms with Crippen LogP contribution in [-0.2, 0) is 14.3 Å². The predicted molar refractivity (Wildman–Crippen MR) is 74.7 cm³/mol. The second-order valence-electron chi connectivity index (χ2n) is 3.93. The van der Waals surface area contributed by atoms with Gasteiger partial charge in [0.1, 0.15) is 5.82 Å². The lowest BCUT2D eigenvalue weighted by Crippen LogP contribution is -2.28. The van der Waals surface area contributed by atoms with E-state index in [9.17, 15) is 14.0 Å². The molecule has 0 aliphatic rings. The lowest BCUT2D eigenvalue weighted by molar-refractivity contribution is -0.143. The third-order valence-electron chi connectivity index (χ3n) is 2.30. The summed E-state index contributed by atoms with van der Waals surface area (Å²) in [5.74, 6) is -1.66. The van der Waals surface area contributed by atoms with Gasteiger partial charge >= 0.3 is 5.97 Å². The van der Waals surface area contributed by atoms with Crippen LogP contribution >= 0.6 is 11.6 Å². The van der Waals surface area contributed by atoms with Crippen molar-refractivity contribution in [2.45, 2.75) is 13.3 Å². The minimum absolute atomic E-state index is 0.0987. The smallest absolute Gasteiger partial charge is 0.331 e. The fourth-order valence-electron chi connectivity index (χ4n) is 1.32. The monoisotopic (exact) mass is 299 g/mol. The zero-order valence-electron chi connectivity index (χ0n) is 11.0. The van der Waals surface area contributed by atoms with Crippen molar-refractivity contribution in [3.63, 3.8) is 0 Å². The van der Waals surface area contributed by atoms with Crippen LogP contribution in [0.1, 0.15) is 18.9 Å². The maximum absolute atomic E-state index is 13.4. The summed E-state index contributed by atoms with van der Waals surface area (Å²) in [6.07, 6.45) is 3.03. The van der Waals surface area contributed by atoms with Gasteiger partial charge in [0.15, 0.2) is 6.61 Å². The SMILES string of the molecule is CCCNC(=O)COC(=O)/C=C/c1c(F)cccc1Cl. The topological polar surface area (TPSA) is 55.4 Å². The van der Waals surface area contributed by atoms with Gasteiger partial charge in [0.2, 0.25) is 0 Å². The summed E-state index contributed by atoms with van der Waals surface area (Å²) >= 11 is 5.79. The number of carbonyl (C=O) groups is 2. The number of ether oxygens (including phenoxy) is 1. The van der Waals surface area contributed by atoms with E-state index >= 15 is 0 Å². The molecule has 0 aliphatic carbocycles. The van der Waals surface area contributed by atoms with E-state index in [1.807, 2.05) is 6.92 Å². The molecule has 0 unspecified atom stereocenters. The maximum atomic E-state index is 13.4. The van der Waals surface area contributed by atoms with E-state index in [0.29, 0.717) is 6.54 Å². The summed E-state index contributed by atoms with van der Waals surface area (Å²) in [4.78, 5) is 22.6. The average molecular weight is 300 g/mol. The molecule has 1 N–H and O–H groups in total. The van der Waals surface area contributed by atoms with E-state index in [1.54, 1.807) is 0 Å². The number of nitrogens with one attached hydrogen (secondary N) is 1. The Labute approximate surface area is 121 Å². The highest BCUT2D eigenvalue weighted by Gasteiger charge is 2.06. The first kappa shape index (κ1) is 16.2. The molecule has 0 aliphatic heterocycles. The first-order valence-electron chi connectivity index (χ1n) is 6.10. The Kier molecular flexibility index (Phi) is 6.73. The Hall–Kier alpha value is -1.88. The van der Waals surface area contributed by atoms with Gasteiger partial charge in [0, 0.05) is 18.2 Å². The average Bonchev–Trinajstić information content (AvgIpc) is 2.42. The van der Waals surface area contributed by atoms with E-state index in [4.69, 9.17) is 16.3 Å². The molecule has 0 fully saturated rings. The quantitative estimate of drug-likeness (QED) is 0.649. The number of amides is 1. The lowest BCUT2D eigenvalue weighted by atomic mass is 10.2. The van der Waals surface area contributed by atoms with Crippen LogP contribution < -0.4 is 5.32 Å². The molecule has 6 heteroatoms. The molecule has 1 amide bonds. The van der Waals surface area contributed by atoms with Crippen LogP contribution in [0.25, 0.3) is 6.08 Å². The summed E-state index contributed by atoms with van der Waals surface area (Å²) in [5, 5.41) is 2.75. The third kappa shape index (κ3) is 5.40. The molecule has 0 atom stereocenters. The van der Waals surface area contributed by atoms with Gasteiger partial charge in [0.25, 0.3) is 5.91 Å². The Balaban J connectivity index is 2.50. The molecule has 4 nitrogen and oxygen atoms in total. The van der Waals surface area contributed by atoms with Crippen molar-refractivity contribution < 1.29 is 18.7 Å². The van der Waals surface area contributed by atoms with Crippen LogP contribution in [0, 0.1) is 5.82 Å². The van der Waals surface area contributed by atoms with E-state index < -0.39 is 11.8 Å². The highest BCUT2D eigenvalue weighted by Crippen LogP contribution is 2.20. The Morgan fingerprint density at radius 3 is 2.85 bits per heavy atom. The number of carbonyl (C=O) groups excluding carboxylic acids is 2. The van der Waals surface area contributed by atoms with Crippen molar-refractivity contribution in [3.8, 4) is 0 Å². The molecular weight excluding hydrogens is 285 g/mol. The van der Waals surface area contributed by atoms with Gasteiger partial charge in [-0.05, 0) is 24.6 Å². The molecule has 0 bridgehead atoms. The van der Waals surface area contributed by atoms with Gasteiger partial charge < -0.3 is 10.1 Å². The summed E-state index contributed by atoms with van der Waals surface area (Å²) in [7, 11) is 0. The van der Waals surface area contributed by atoms with Crippen molar-refractivity contribution in [2.24, 2.45) is 0 Å². The summed E-state index contributed by atoms with van der Waals surface area (Å²) < 4.78 is 18.1. The van der Waals surface area contributed by atoms with Crippen molar-refractivity contribution in [2.75, 3.05) is 13.2 Å². The molecule has 0 spiro atoms. The van der Waals surface area contributed by atoms with E-state index in [1.165, 1.54) is 24.3 Å². The molecular formula is C14H15ClFNO3. The second-order valence-corrected chi connectivity index (χ2v) is 4.33. The molecule has 1 rings (SSSR count). The Morgan fingerprint density at radius 1 is 1.45 bits per heavy atom. The van der Waals surface area contributed by atoms with Crippen LogP contribution in [-0.4, -0.2) is 25.0 Å². The first-order valence-corrected chi connectivity index (χ1v) is 6.48. The van der Waals surface area contributed by atoms with Crippen molar-refractivity contribution in [1.82, 2.24) is 5.32 Å². The van der Waals surface area contributed by atoms with Crippen LogP contribution in [0.2, 0.25) is 5.02 Å². The number of hydrogen-bond donors (Lipinski definition) is 1. The van der Waals surface area contributed by atoms with E-state index in [-0.39, 0.29) is 23.1 Å². The lowest BCUT2D eigenvalue weighted by Gasteiger charge is -2.03. The molecule has 0 heterocycles. The second kappa shape index (κ2) is 8.32. The Bertz CT molecular complexity index is 497. The third-order valence-corrected chi connectivity index (χ3v) is 2.63. The molecule has 0 radical (unpaired) electrons. The largest absolute Gasteiger partial charge is 0.452 e. The van der Waals surface area contributed by atoms with Crippen LogP contribution in [0.5, 0.6) is 0 Å².